The van der Waals surface area contributed by atoms with Crippen LogP contribution < -0.4 is 4.74 Å². The zero-order chi connectivity index (χ0) is 20.6. The highest BCUT2D eigenvalue weighted by molar-refractivity contribution is 6.30. The number of likely N-dealkylation sites (N-methyl/N-ethyl adjacent to an activating group) is 1. The van der Waals surface area contributed by atoms with Gasteiger partial charge in [-0.15, -0.1) is 0 Å². The van der Waals surface area contributed by atoms with E-state index in [1.807, 2.05) is 59.5 Å². The smallest absolute Gasteiger partial charge is 0.227 e. The van der Waals surface area contributed by atoms with Gasteiger partial charge < -0.3 is 14.5 Å². The fraction of sp³-hybridized carbons (Fsp3) is 0.391. The molecule has 6 heteroatoms. The van der Waals surface area contributed by atoms with Crippen LogP contribution in [0.25, 0.3) is 0 Å². The fourth-order valence-corrected chi connectivity index (χ4v) is 3.61. The van der Waals surface area contributed by atoms with Crippen molar-refractivity contribution in [3.8, 4) is 5.75 Å². The average Bonchev–Trinajstić information content (AvgIpc) is 2.74. The molecular formula is C23H27ClN2O3. The maximum absolute atomic E-state index is 12.8. The van der Waals surface area contributed by atoms with Crippen LogP contribution in [-0.2, 0) is 16.0 Å². The maximum atomic E-state index is 12.8. The Balaban J connectivity index is 1.47. The van der Waals surface area contributed by atoms with E-state index in [0.717, 1.165) is 17.7 Å². The lowest BCUT2D eigenvalue weighted by molar-refractivity contribution is -0.142. The van der Waals surface area contributed by atoms with Gasteiger partial charge in [0, 0.05) is 31.6 Å². The molecule has 2 aromatic carbocycles. The van der Waals surface area contributed by atoms with E-state index in [2.05, 4.69) is 0 Å². The number of ether oxygens (including phenoxy) is 1. The number of benzene rings is 2. The lowest BCUT2D eigenvalue weighted by Crippen LogP contribution is -2.47. The van der Waals surface area contributed by atoms with E-state index in [1.165, 1.54) is 0 Å². The third-order valence-corrected chi connectivity index (χ3v) is 5.50. The molecular weight excluding hydrogens is 388 g/mol. The Kier molecular flexibility index (Phi) is 7.53. The Morgan fingerprint density at radius 3 is 2.62 bits per heavy atom. The van der Waals surface area contributed by atoms with E-state index in [1.54, 1.807) is 11.9 Å². The Labute approximate surface area is 177 Å². The first-order chi connectivity index (χ1) is 14.0. The van der Waals surface area contributed by atoms with Crippen LogP contribution in [0.15, 0.2) is 54.6 Å². The number of carbonyl (C=O) groups excluding carboxylic acids is 2. The van der Waals surface area contributed by atoms with Crippen molar-refractivity contribution in [1.82, 2.24) is 9.80 Å². The molecule has 1 aliphatic heterocycles. The summed E-state index contributed by atoms with van der Waals surface area (Å²) in [5, 5.41) is 0.702. The number of hydrogen-bond donors (Lipinski definition) is 0. The van der Waals surface area contributed by atoms with Gasteiger partial charge in [-0.3, -0.25) is 9.59 Å². The SMILES string of the molecule is CN(CCOc1ccccc1)C(=O)[C@@H]1CCC(=O)N(CCc2ccc(Cl)cc2)C1. The Morgan fingerprint density at radius 2 is 1.90 bits per heavy atom. The van der Waals surface area contributed by atoms with Gasteiger partial charge in [0.2, 0.25) is 11.8 Å². The van der Waals surface area contributed by atoms with Crippen LogP contribution in [0.3, 0.4) is 0 Å². The number of nitrogens with zero attached hydrogens (tertiary/aromatic N) is 2. The van der Waals surface area contributed by atoms with Crippen molar-refractivity contribution >= 4 is 23.4 Å². The van der Waals surface area contributed by atoms with E-state index in [0.29, 0.717) is 44.1 Å². The molecule has 0 saturated carbocycles. The van der Waals surface area contributed by atoms with Crippen LogP contribution in [0.1, 0.15) is 18.4 Å². The highest BCUT2D eigenvalue weighted by atomic mass is 35.5. The van der Waals surface area contributed by atoms with E-state index >= 15 is 0 Å². The molecule has 154 valence electrons. The first-order valence-corrected chi connectivity index (χ1v) is 10.4. The second kappa shape index (κ2) is 10.3. The molecule has 2 amide bonds. The van der Waals surface area contributed by atoms with Crippen molar-refractivity contribution in [3.05, 3.63) is 65.2 Å². The number of carbonyl (C=O) groups is 2. The predicted molar refractivity (Wildman–Crippen MR) is 114 cm³/mol. The molecule has 0 spiro atoms. The molecule has 1 fully saturated rings. The molecule has 5 nitrogen and oxygen atoms in total. The van der Waals surface area contributed by atoms with Crippen molar-refractivity contribution < 1.29 is 14.3 Å². The standard InChI is InChI=1S/C23H27ClN2O3/c1-25(15-16-29-21-5-3-2-4-6-21)23(28)19-9-12-22(27)26(17-19)14-13-18-7-10-20(24)11-8-18/h2-8,10-11,19H,9,12-17H2,1H3/t19-/m1/s1. The Hall–Kier alpha value is -2.53. The van der Waals surface area contributed by atoms with E-state index in [4.69, 9.17) is 16.3 Å². The van der Waals surface area contributed by atoms with E-state index < -0.39 is 0 Å². The van der Waals surface area contributed by atoms with Crippen molar-refractivity contribution in [3.63, 3.8) is 0 Å². The minimum Gasteiger partial charge on any atom is -0.492 e. The second-order valence-electron chi connectivity index (χ2n) is 7.37. The first-order valence-electron chi connectivity index (χ1n) is 9.98. The van der Waals surface area contributed by atoms with Crippen LogP contribution in [0.4, 0.5) is 0 Å². The molecule has 0 unspecified atom stereocenters. The molecule has 0 aromatic heterocycles. The summed E-state index contributed by atoms with van der Waals surface area (Å²) in [4.78, 5) is 28.6. The summed E-state index contributed by atoms with van der Waals surface area (Å²) in [6, 6.07) is 17.2. The highest BCUT2D eigenvalue weighted by Crippen LogP contribution is 2.20. The lowest BCUT2D eigenvalue weighted by Gasteiger charge is -2.34. The van der Waals surface area contributed by atoms with Crippen LogP contribution in [0.2, 0.25) is 5.02 Å². The quantitative estimate of drug-likeness (QED) is 0.662. The summed E-state index contributed by atoms with van der Waals surface area (Å²) < 4.78 is 5.68. The van der Waals surface area contributed by atoms with Crippen LogP contribution in [0.5, 0.6) is 5.75 Å². The molecule has 1 atom stereocenters. The van der Waals surface area contributed by atoms with E-state index in [-0.39, 0.29) is 17.7 Å². The number of hydrogen-bond acceptors (Lipinski definition) is 3. The summed E-state index contributed by atoms with van der Waals surface area (Å²) in [6.07, 6.45) is 1.79. The van der Waals surface area contributed by atoms with Crippen molar-refractivity contribution in [2.24, 2.45) is 5.92 Å². The average molecular weight is 415 g/mol. The molecule has 0 bridgehead atoms. The Morgan fingerprint density at radius 1 is 1.17 bits per heavy atom. The zero-order valence-electron chi connectivity index (χ0n) is 16.7. The normalized spacial score (nSPS) is 16.6. The highest BCUT2D eigenvalue weighted by Gasteiger charge is 2.31. The summed E-state index contributed by atoms with van der Waals surface area (Å²) in [5.41, 5.74) is 1.13. The van der Waals surface area contributed by atoms with Gasteiger partial charge in [-0.05, 0) is 42.7 Å². The van der Waals surface area contributed by atoms with Gasteiger partial charge in [0.1, 0.15) is 12.4 Å². The molecule has 2 aromatic rings. The largest absolute Gasteiger partial charge is 0.492 e. The van der Waals surface area contributed by atoms with Crippen molar-refractivity contribution in [2.75, 3.05) is 33.3 Å². The number of piperidine rings is 1. The molecule has 1 aliphatic rings. The molecule has 1 heterocycles. The van der Waals surface area contributed by atoms with Gasteiger partial charge in [0.05, 0.1) is 12.5 Å². The van der Waals surface area contributed by atoms with Gasteiger partial charge in [-0.1, -0.05) is 41.9 Å². The third kappa shape index (κ3) is 6.23. The lowest BCUT2D eigenvalue weighted by atomic mass is 9.95. The summed E-state index contributed by atoms with van der Waals surface area (Å²) >= 11 is 5.92. The van der Waals surface area contributed by atoms with Gasteiger partial charge in [-0.25, -0.2) is 0 Å². The summed E-state index contributed by atoms with van der Waals surface area (Å²) in [6.45, 7) is 2.06. The molecule has 29 heavy (non-hydrogen) atoms. The minimum absolute atomic E-state index is 0.0747. The third-order valence-electron chi connectivity index (χ3n) is 5.25. The van der Waals surface area contributed by atoms with Crippen molar-refractivity contribution in [2.45, 2.75) is 19.3 Å². The Bertz CT molecular complexity index is 811. The topological polar surface area (TPSA) is 49.9 Å². The number of halogens is 1. The second-order valence-corrected chi connectivity index (χ2v) is 7.81. The molecule has 0 aliphatic carbocycles. The number of rotatable bonds is 8. The monoisotopic (exact) mass is 414 g/mol. The maximum Gasteiger partial charge on any atom is 0.227 e. The number of likely N-dealkylation sites (tertiary alicyclic amines) is 1. The molecule has 0 N–H and O–H groups in total. The minimum atomic E-state index is -0.153. The zero-order valence-corrected chi connectivity index (χ0v) is 17.5. The van der Waals surface area contributed by atoms with Gasteiger partial charge in [0.25, 0.3) is 0 Å². The van der Waals surface area contributed by atoms with Crippen LogP contribution in [-0.4, -0.2) is 54.9 Å². The van der Waals surface area contributed by atoms with Gasteiger partial charge >= 0.3 is 0 Å². The number of para-hydroxylation sites is 1. The van der Waals surface area contributed by atoms with Gasteiger partial charge in [0.15, 0.2) is 0 Å². The summed E-state index contributed by atoms with van der Waals surface area (Å²) in [7, 11) is 1.80. The van der Waals surface area contributed by atoms with E-state index in [9.17, 15) is 9.59 Å². The van der Waals surface area contributed by atoms with Crippen LogP contribution >= 0.6 is 11.6 Å². The molecule has 3 rings (SSSR count). The molecule has 1 saturated heterocycles. The molecule has 0 radical (unpaired) electrons. The fourth-order valence-electron chi connectivity index (χ4n) is 3.49. The van der Waals surface area contributed by atoms with Crippen molar-refractivity contribution in [1.29, 1.82) is 0 Å². The first kappa shape index (κ1) is 21.2. The summed E-state index contributed by atoms with van der Waals surface area (Å²) in [5.74, 6) is 0.841. The predicted octanol–water partition coefficient (Wildman–Crippen LogP) is 3.66. The van der Waals surface area contributed by atoms with Crippen LogP contribution in [0, 0.1) is 5.92 Å². The number of amides is 2. The van der Waals surface area contributed by atoms with Gasteiger partial charge in [-0.2, -0.15) is 0 Å².